The largest absolute Gasteiger partial charge is 0.493 e. The number of carbonyl (C=O) groups is 1. The molecule has 21 heavy (non-hydrogen) atoms. The second-order valence-electron chi connectivity index (χ2n) is 4.54. The highest BCUT2D eigenvalue weighted by molar-refractivity contribution is 7.14. The lowest BCUT2D eigenvalue weighted by Crippen LogP contribution is -2.24. The van der Waals surface area contributed by atoms with Crippen LogP contribution in [0.1, 0.15) is 5.56 Å². The van der Waals surface area contributed by atoms with Gasteiger partial charge in [-0.1, -0.05) is 0 Å². The molecule has 1 aliphatic heterocycles. The van der Waals surface area contributed by atoms with Crippen molar-refractivity contribution in [2.24, 2.45) is 0 Å². The first-order chi connectivity index (χ1) is 9.76. The van der Waals surface area contributed by atoms with E-state index in [2.05, 4.69) is 21.7 Å². The number of hydrogen-bond acceptors (Lipinski definition) is 5. The number of carbonyl (C=O) groups excluding carboxylic acids is 1. The quantitative estimate of drug-likeness (QED) is 0.905. The summed E-state index contributed by atoms with van der Waals surface area (Å²) >= 11 is 1.43. The van der Waals surface area contributed by atoms with Crippen molar-refractivity contribution in [1.82, 2.24) is 10.3 Å². The third-order valence-corrected chi connectivity index (χ3v) is 3.83. The number of likely N-dealkylation sites (N-methyl/N-ethyl adjacent to an activating group) is 1. The Bertz CT molecular complexity index is 645. The van der Waals surface area contributed by atoms with E-state index in [1.807, 2.05) is 17.5 Å². The fraction of sp³-hybridized carbons (Fsp3) is 0.286. The number of hydrogen-bond donors (Lipinski definition) is 2. The van der Waals surface area contributed by atoms with Crippen molar-refractivity contribution in [3.05, 3.63) is 29.1 Å². The number of thiazole rings is 1. The third kappa shape index (κ3) is 3.53. The van der Waals surface area contributed by atoms with Crippen LogP contribution in [0.2, 0.25) is 0 Å². The molecule has 0 fully saturated rings. The molecule has 0 unspecified atom stereocenters. The molecule has 7 heteroatoms. The van der Waals surface area contributed by atoms with Crippen LogP contribution in [0.25, 0.3) is 11.3 Å². The summed E-state index contributed by atoms with van der Waals surface area (Å²) < 4.78 is 5.49. The summed E-state index contributed by atoms with van der Waals surface area (Å²) in [4.78, 5) is 15.9. The smallest absolute Gasteiger partial charge is 0.240 e. The van der Waals surface area contributed by atoms with Crippen LogP contribution < -0.4 is 15.4 Å². The third-order valence-electron chi connectivity index (χ3n) is 3.07. The number of aromatic nitrogens is 1. The minimum Gasteiger partial charge on any atom is -0.493 e. The van der Waals surface area contributed by atoms with Gasteiger partial charge in [0.15, 0.2) is 5.13 Å². The number of nitrogens with zero attached hydrogens (tertiary/aromatic N) is 1. The molecule has 0 spiro atoms. The van der Waals surface area contributed by atoms with Gasteiger partial charge >= 0.3 is 0 Å². The van der Waals surface area contributed by atoms with Crippen LogP contribution in [0.5, 0.6) is 5.75 Å². The van der Waals surface area contributed by atoms with Crippen LogP contribution in [-0.2, 0) is 11.2 Å². The SMILES string of the molecule is CNCC(=O)Nc1nc(-c2ccc3c(c2)CCO3)cs1.Cl. The predicted octanol–water partition coefficient (Wildman–Crippen LogP) is 2.32. The van der Waals surface area contributed by atoms with E-state index >= 15 is 0 Å². The van der Waals surface area contributed by atoms with E-state index in [1.54, 1.807) is 7.05 Å². The number of ether oxygens (including phenoxy) is 1. The van der Waals surface area contributed by atoms with E-state index in [4.69, 9.17) is 4.74 Å². The molecule has 2 N–H and O–H groups in total. The van der Waals surface area contributed by atoms with Gasteiger partial charge in [-0.2, -0.15) is 0 Å². The molecule has 1 aromatic heterocycles. The van der Waals surface area contributed by atoms with E-state index in [0.29, 0.717) is 5.13 Å². The van der Waals surface area contributed by atoms with Crippen LogP contribution in [0.15, 0.2) is 23.6 Å². The van der Waals surface area contributed by atoms with E-state index in [0.717, 1.165) is 30.0 Å². The molecule has 1 aromatic carbocycles. The molecule has 0 radical (unpaired) electrons. The minimum atomic E-state index is -0.0873. The number of anilines is 1. The van der Waals surface area contributed by atoms with Gasteiger partial charge in [-0.15, -0.1) is 23.7 Å². The average Bonchev–Trinajstić information content (AvgIpc) is 3.06. The molecule has 1 amide bonds. The summed E-state index contributed by atoms with van der Waals surface area (Å²) in [5.74, 6) is 0.877. The topological polar surface area (TPSA) is 63.2 Å². The fourth-order valence-corrected chi connectivity index (χ4v) is 2.87. The van der Waals surface area contributed by atoms with Gasteiger partial charge in [-0.25, -0.2) is 4.98 Å². The summed E-state index contributed by atoms with van der Waals surface area (Å²) in [6.45, 7) is 1.03. The molecule has 0 saturated carbocycles. The van der Waals surface area contributed by atoms with Gasteiger partial charge in [-0.05, 0) is 30.8 Å². The highest BCUT2D eigenvalue weighted by Gasteiger charge is 2.14. The normalized spacial score (nSPS) is 12.2. The first-order valence-electron chi connectivity index (χ1n) is 6.42. The Morgan fingerprint density at radius 1 is 1.48 bits per heavy atom. The number of nitrogens with one attached hydrogen (secondary N) is 2. The van der Waals surface area contributed by atoms with Crippen LogP contribution in [0.4, 0.5) is 5.13 Å². The van der Waals surface area contributed by atoms with Gasteiger partial charge in [0.05, 0.1) is 18.8 Å². The number of benzene rings is 1. The van der Waals surface area contributed by atoms with Gasteiger partial charge in [-0.3, -0.25) is 4.79 Å². The number of fused-ring (bicyclic) bond motifs is 1. The van der Waals surface area contributed by atoms with Gasteiger partial charge < -0.3 is 15.4 Å². The zero-order valence-corrected chi connectivity index (χ0v) is 13.1. The van der Waals surface area contributed by atoms with Crippen molar-refractivity contribution in [1.29, 1.82) is 0 Å². The first-order valence-corrected chi connectivity index (χ1v) is 7.30. The van der Waals surface area contributed by atoms with E-state index in [9.17, 15) is 4.79 Å². The standard InChI is InChI=1S/C14H15N3O2S.ClH/c1-15-7-13(18)17-14-16-11(8-20-14)9-2-3-12-10(6-9)4-5-19-12;/h2-3,6,8,15H,4-5,7H2,1H3,(H,16,17,18);1H. The lowest BCUT2D eigenvalue weighted by Gasteiger charge is -2.02. The van der Waals surface area contributed by atoms with Crippen molar-refractivity contribution in [2.75, 3.05) is 25.5 Å². The number of halogens is 1. The van der Waals surface area contributed by atoms with E-state index in [1.165, 1.54) is 16.9 Å². The highest BCUT2D eigenvalue weighted by Crippen LogP contribution is 2.31. The Morgan fingerprint density at radius 2 is 2.33 bits per heavy atom. The molecular weight excluding hydrogens is 310 g/mol. The van der Waals surface area contributed by atoms with Gasteiger partial charge in [0.2, 0.25) is 5.91 Å². The van der Waals surface area contributed by atoms with Crippen molar-refractivity contribution >= 4 is 34.8 Å². The number of amides is 1. The van der Waals surface area contributed by atoms with Crippen LogP contribution in [-0.4, -0.2) is 31.1 Å². The summed E-state index contributed by atoms with van der Waals surface area (Å²) in [6, 6.07) is 6.09. The van der Waals surface area contributed by atoms with E-state index in [-0.39, 0.29) is 24.9 Å². The Hall–Kier alpha value is -1.63. The van der Waals surface area contributed by atoms with Crippen LogP contribution in [0, 0.1) is 0 Å². The maximum atomic E-state index is 11.5. The van der Waals surface area contributed by atoms with Crippen molar-refractivity contribution in [3.63, 3.8) is 0 Å². The van der Waals surface area contributed by atoms with Crippen molar-refractivity contribution in [2.45, 2.75) is 6.42 Å². The highest BCUT2D eigenvalue weighted by atomic mass is 35.5. The predicted molar refractivity (Wildman–Crippen MR) is 86.6 cm³/mol. The Kier molecular flexibility index (Phi) is 5.17. The molecule has 2 heterocycles. The maximum Gasteiger partial charge on any atom is 0.240 e. The average molecular weight is 326 g/mol. The zero-order valence-electron chi connectivity index (χ0n) is 11.5. The summed E-state index contributed by atoms with van der Waals surface area (Å²) in [5, 5.41) is 8.15. The fourth-order valence-electron chi connectivity index (χ4n) is 2.13. The van der Waals surface area contributed by atoms with Crippen LogP contribution in [0.3, 0.4) is 0 Å². The molecule has 3 rings (SSSR count). The van der Waals surface area contributed by atoms with Crippen molar-refractivity contribution < 1.29 is 9.53 Å². The second kappa shape index (κ2) is 6.89. The van der Waals surface area contributed by atoms with E-state index < -0.39 is 0 Å². The summed E-state index contributed by atoms with van der Waals surface area (Å²) in [7, 11) is 1.74. The molecule has 0 atom stereocenters. The molecule has 1 aliphatic rings. The van der Waals surface area contributed by atoms with Gasteiger partial charge in [0, 0.05) is 17.4 Å². The molecule has 2 aromatic rings. The summed E-state index contributed by atoms with van der Waals surface area (Å²) in [6.07, 6.45) is 0.944. The Balaban J connectivity index is 0.00000161. The molecular formula is C14H16ClN3O2S. The van der Waals surface area contributed by atoms with Crippen molar-refractivity contribution in [3.8, 4) is 17.0 Å². The lowest BCUT2D eigenvalue weighted by atomic mass is 10.1. The molecule has 0 aliphatic carbocycles. The second-order valence-corrected chi connectivity index (χ2v) is 5.40. The first kappa shape index (κ1) is 15.8. The maximum absolute atomic E-state index is 11.5. The van der Waals surface area contributed by atoms with Gasteiger partial charge in [0.25, 0.3) is 0 Å². The minimum absolute atomic E-state index is 0. The zero-order chi connectivity index (χ0) is 13.9. The summed E-state index contributed by atoms with van der Waals surface area (Å²) in [5.41, 5.74) is 3.15. The molecule has 112 valence electrons. The molecule has 5 nitrogen and oxygen atoms in total. The number of rotatable bonds is 4. The molecule has 0 saturated heterocycles. The lowest BCUT2D eigenvalue weighted by molar-refractivity contribution is -0.115. The van der Waals surface area contributed by atoms with Crippen LogP contribution >= 0.6 is 23.7 Å². The Morgan fingerprint density at radius 3 is 3.14 bits per heavy atom. The van der Waals surface area contributed by atoms with Gasteiger partial charge in [0.1, 0.15) is 5.75 Å². The Labute approximate surface area is 133 Å². The monoisotopic (exact) mass is 325 g/mol. The molecule has 0 bridgehead atoms.